The van der Waals surface area contributed by atoms with Crippen LogP contribution in [-0.4, -0.2) is 50.0 Å². The van der Waals surface area contributed by atoms with Gasteiger partial charge in [0.1, 0.15) is 0 Å². The molecule has 1 saturated heterocycles. The lowest BCUT2D eigenvalue weighted by molar-refractivity contribution is -0.123. The molecular weight excluding hydrogens is 512 g/mol. The van der Waals surface area contributed by atoms with Crippen molar-refractivity contribution in [2.24, 2.45) is 16.6 Å². The third kappa shape index (κ3) is 8.71. The second-order valence-corrected chi connectivity index (χ2v) is 7.66. The lowest BCUT2D eigenvalue weighted by Crippen LogP contribution is -2.39. The van der Waals surface area contributed by atoms with Crippen LogP contribution >= 0.6 is 47.2 Å². The van der Waals surface area contributed by atoms with Crippen molar-refractivity contribution in [3.63, 3.8) is 0 Å². The second kappa shape index (κ2) is 13.5. The summed E-state index contributed by atoms with van der Waals surface area (Å²) in [6.45, 7) is 4.42. The summed E-state index contributed by atoms with van der Waals surface area (Å²) < 4.78 is 0. The van der Waals surface area contributed by atoms with E-state index < -0.39 is 0 Å². The fourth-order valence-corrected chi connectivity index (χ4v) is 3.65. The highest BCUT2D eigenvalue weighted by atomic mass is 127. The Labute approximate surface area is 194 Å². The number of benzene rings is 1. The van der Waals surface area contributed by atoms with Crippen molar-refractivity contribution in [2.75, 3.05) is 33.2 Å². The molecule has 1 fully saturated rings. The van der Waals surface area contributed by atoms with Gasteiger partial charge in [-0.3, -0.25) is 9.79 Å². The molecule has 6 nitrogen and oxygen atoms in total. The van der Waals surface area contributed by atoms with Crippen LogP contribution in [0.4, 0.5) is 0 Å². The third-order valence-electron chi connectivity index (χ3n) is 4.87. The molecule has 1 aromatic rings. The number of aliphatic imine (C=N–C) groups is 1. The van der Waals surface area contributed by atoms with Crippen LogP contribution in [0.15, 0.2) is 23.2 Å². The third-order valence-corrected chi connectivity index (χ3v) is 5.46. The van der Waals surface area contributed by atoms with Gasteiger partial charge in [-0.25, -0.2) is 0 Å². The molecule has 1 aliphatic rings. The van der Waals surface area contributed by atoms with Crippen molar-refractivity contribution in [3.05, 3.63) is 33.8 Å². The van der Waals surface area contributed by atoms with Gasteiger partial charge in [-0.1, -0.05) is 29.3 Å². The Hall–Kier alpha value is -0.770. The van der Waals surface area contributed by atoms with Crippen molar-refractivity contribution in [3.8, 4) is 0 Å². The molecule has 0 aromatic heterocycles. The van der Waals surface area contributed by atoms with Gasteiger partial charge in [-0.15, -0.1) is 24.0 Å². The van der Waals surface area contributed by atoms with Crippen LogP contribution in [-0.2, 0) is 11.3 Å². The van der Waals surface area contributed by atoms with Crippen LogP contribution in [0.2, 0.25) is 10.0 Å². The number of hydrogen-bond donors (Lipinski definition) is 3. The number of nitrogens with zero attached hydrogens (tertiary/aromatic N) is 2. The van der Waals surface area contributed by atoms with E-state index in [9.17, 15) is 4.79 Å². The first-order valence-electron chi connectivity index (χ1n) is 9.39. The largest absolute Gasteiger partial charge is 0.369 e. The lowest BCUT2D eigenvalue weighted by atomic mass is 9.96. The molecule has 1 amide bonds. The zero-order chi connectivity index (χ0) is 19.6. The zero-order valence-corrected chi connectivity index (χ0v) is 20.1. The molecule has 0 atom stereocenters. The number of nitrogens with two attached hydrogens (primary N) is 1. The number of piperidine rings is 1. The molecular formula is C19H30Cl2IN5O. The Kier molecular flexibility index (Phi) is 12.1. The first-order valence-corrected chi connectivity index (χ1v) is 10.2. The summed E-state index contributed by atoms with van der Waals surface area (Å²) in [7, 11) is 1.75. The van der Waals surface area contributed by atoms with E-state index in [0.29, 0.717) is 16.6 Å². The van der Waals surface area contributed by atoms with Crippen molar-refractivity contribution >= 4 is 59.0 Å². The topological polar surface area (TPSA) is 82.8 Å². The minimum atomic E-state index is -0.155. The number of halogens is 3. The molecule has 0 saturated carbocycles. The van der Waals surface area contributed by atoms with Crippen LogP contribution < -0.4 is 16.4 Å². The minimum absolute atomic E-state index is 0. The normalized spacial score (nSPS) is 15.8. The first-order chi connectivity index (χ1) is 13.0. The average molecular weight is 542 g/mol. The molecule has 2 rings (SSSR count). The van der Waals surface area contributed by atoms with Gasteiger partial charge in [0.05, 0.1) is 0 Å². The Morgan fingerprint density at radius 2 is 1.96 bits per heavy atom. The average Bonchev–Trinajstić information content (AvgIpc) is 2.65. The van der Waals surface area contributed by atoms with Crippen LogP contribution in [0.5, 0.6) is 0 Å². The van der Waals surface area contributed by atoms with Crippen molar-refractivity contribution in [1.82, 2.24) is 15.5 Å². The van der Waals surface area contributed by atoms with Gasteiger partial charge in [-0.2, -0.15) is 0 Å². The summed E-state index contributed by atoms with van der Waals surface area (Å²) in [6, 6.07) is 5.47. The van der Waals surface area contributed by atoms with Crippen molar-refractivity contribution in [1.29, 1.82) is 0 Å². The highest BCUT2D eigenvalue weighted by molar-refractivity contribution is 14.0. The van der Waals surface area contributed by atoms with E-state index in [1.807, 2.05) is 12.1 Å². The molecule has 1 aliphatic heterocycles. The quantitative estimate of drug-likeness (QED) is 0.204. The van der Waals surface area contributed by atoms with Gasteiger partial charge >= 0.3 is 0 Å². The van der Waals surface area contributed by atoms with Crippen LogP contribution in [0.3, 0.4) is 0 Å². The number of primary amides is 1. The number of guanidine groups is 1. The molecule has 0 radical (unpaired) electrons. The van der Waals surface area contributed by atoms with Crippen molar-refractivity contribution < 1.29 is 4.79 Å². The molecule has 0 bridgehead atoms. The smallest absolute Gasteiger partial charge is 0.220 e. The van der Waals surface area contributed by atoms with Crippen molar-refractivity contribution in [2.45, 2.75) is 32.2 Å². The molecule has 158 valence electrons. The summed E-state index contributed by atoms with van der Waals surface area (Å²) in [5.74, 6) is 0.660. The standard InChI is InChI=1S/C19H29Cl2N5O.HI/c1-23-19(25-13-15-4-5-16(20)12-17(15)21)24-8-2-3-9-26-10-6-14(7-11-26)18(22)27;/h4-5,12,14H,2-3,6-11,13H2,1H3,(H2,22,27)(H2,23,24,25);1H. The summed E-state index contributed by atoms with van der Waals surface area (Å²) in [5.41, 5.74) is 6.35. The SMILES string of the molecule is CN=C(NCCCCN1CCC(C(N)=O)CC1)NCc1ccc(Cl)cc1Cl.I. The Balaban J connectivity index is 0.00000392. The van der Waals surface area contributed by atoms with Gasteiger partial charge in [0.2, 0.25) is 5.91 Å². The summed E-state index contributed by atoms with van der Waals surface area (Å²) in [4.78, 5) is 17.8. The number of nitrogens with one attached hydrogen (secondary N) is 2. The number of likely N-dealkylation sites (tertiary alicyclic amines) is 1. The van der Waals surface area contributed by atoms with Gasteiger partial charge in [-0.05, 0) is 63.0 Å². The zero-order valence-electron chi connectivity index (χ0n) is 16.2. The Morgan fingerprint density at radius 1 is 1.25 bits per heavy atom. The highest BCUT2D eigenvalue weighted by Gasteiger charge is 2.22. The van der Waals surface area contributed by atoms with E-state index in [0.717, 1.165) is 63.4 Å². The van der Waals surface area contributed by atoms with E-state index in [1.54, 1.807) is 13.1 Å². The predicted molar refractivity (Wildman–Crippen MR) is 128 cm³/mol. The number of carbonyl (C=O) groups is 1. The number of amides is 1. The Bertz CT molecular complexity index is 651. The minimum Gasteiger partial charge on any atom is -0.369 e. The van der Waals surface area contributed by atoms with Gasteiger partial charge in [0.15, 0.2) is 5.96 Å². The maximum Gasteiger partial charge on any atom is 0.220 e. The highest BCUT2D eigenvalue weighted by Crippen LogP contribution is 2.20. The second-order valence-electron chi connectivity index (χ2n) is 6.81. The summed E-state index contributed by atoms with van der Waals surface area (Å²) in [6.07, 6.45) is 3.93. The van der Waals surface area contributed by atoms with E-state index in [4.69, 9.17) is 28.9 Å². The molecule has 28 heavy (non-hydrogen) atoms. The maximum absolute atomic E-state index is 11.2. The van der Waals surface area contributed by atoms with Gasteiger partial charge < -0.3 is 21.3 Å². The van der Waals surface area contributed by atoms with Crippen LogP contribution in [0, 0.1) is 5.92 Å². The Morgan fingerprint density at radius 3 is 2.57 bits per heavy atom. The monoisotopic (exact) mass is 541 g/mol. The molecule has 0 spiro atoms. The van der Waals surface area contributed by atoms with E-state index in [2.05, 4.69) is 20.5 Å². The lowest BCUT2D eigenvalue weighted by Gasteiger charge is -2.30. The van der Waals surface area contributed by atoms with Gasteiger partial charge in [0, 0.05) is 36.1 Å². The number of unbranched alkanes of at least 4 members (excludes halogenated alkanes) is 1. The molecule has 1 heterocycles. The first kappa shape index (κ1) is 25.3. The molecule has 4 N–H and O–H groups in total. The fourth-order valence-electron chi connectivity index (χ4n) is 3.17. The fraction of sp³-hybridized carbons (Fsp3) is 0.579. The molecule has 9 heteroatoms. The number of rotatable bonds is 8. The molecule has 1 aromatic carbocycles. The number of hydrogen-bond acceptors (Lipinski definition) is 3. The van der Waals surface area contributed by atoms with E-state index in [1.165, 1.54) is 0 Å². The number of carbonyl (C=O) groups excluding carboxylic acids is 1. The van der Waals surface area contributed by atoms with E-state index in [-0.39, 0.29) is 35.8 Å². The van der Waals surface area contributed by atoms with Crippen LogP contribution in [0.1, 0.15) is 31.2 Å². The summed E-state index contributed by atoms with van der Waals surface area (Å²) in [5, 5.41) is 7.85. The van der Waals surface area contributed by atoms with Crippen LogP contribution in [0.25, 0.3) is 0 Å². The maximum atomic E-state index is 11.2. The van der Waals surface area contributed by atoms with E-state index >= 15 is 0 Å². The van der Waals surface area contributed by atoms with Gasteiger partial charge in [0.25, 0.3) is 0 Å². The predicted octanol–water partition coefficient (Wildman–Crippen LogP) is 3.25. The molecule has 0 aliphatic carbocycles. The molecule has 0 unspecified atom stereocenters. The summed E-state index contributed by atoms with van der Waals surface area (Å²) >= 11 is 12.1.